The van der Waals surface area contributed by atoms with E-state index in [-0.39, 0.29) is 12.6 Å². The zero-order valence-electron chi connectivity index (χ0n) is 13.1. The zero-order valence-corrected chi connectivity index (χ0v) is 14.0. The average Bonchev–Trinajstić information content (AvgIpc) is 3.25. The van der Waals surface area contributed by atoms with Crippen LogP contribution in [0.4, 0.5) is 10.5 Å². The molecule has 1 aromatic carbocycles. The standard InChI is InChI=1S/C17H18N4O2S/c1-21-11-12(9-19-21)15(22)10-18-17(23)20-14-6-3-2-5-13(14)16-7-4-8-24-16/h2-9,11,15,22H,10H2,1H3,(H2,18,20,23)/t15-/m1/s1. The number of hydrogen-bond donors (Lipinski definition) is 3. The van der Waals surface area contributed by atoms with Gasteiger partial charge in [0.2, 0.25) is 0 Å². The van der Waals surface area contributed by atoms with Gasteiger partial charge < -0.3 is 15.7 Å². The van der Waals surface area contributed by atoms with Crippen LogP contribution in [0.2, 0.25) is 0 Å². The molecule has 2 heterocycles. The molecule has 0 saturated heterocycles. The monoisotopic (exact) mass is 342 g/mol. The van der Waals surface area contributed by atoms with E-state index in [2.05, 4.69) is 15.7 Å². The molecular formula is C17H18N4O2S. The van der Waals surface area contributed by atoms with Gasteiger partial charge in [0.05, 0.1) is 18.0 Å². The molecular weight excluding hydrogens is 324 g/mol. The summed E-state index contributed by atoms with van der Waals surface area (Å²) in [6, 6.07) is 11.2. The molecule has 0 unspecified atom stereocenters. The summed E-state index contributed by atoms with van der Waals surface area (Å²) >= 11 is 1.61. The van der Waals surface area contributed by atoms with Crippen LogP contribution in [0.25, 0.3) is 10.4 Å². The Balaban J connectivity index is 1.61. The number of nitrogens with one attached hydrogen (secondary N) is 2. The summed E-state index contributed by atoms with van der Waals surface area (Å²) in [5.41, 5.74) is 2.36. The Kier molecular flexibility index (Phi) is 4.93. The van der Waals surface area contributed by atoms with Crippen molar-refractivity contribution in [3.63, 3.8) is 0 Å². The number of aryl methyl sites for hydroxylation is 1. The van der Waals surface area contributed by atoms with Gasteiger partial charge in [-0.1, -0.05) is 24.3 Å². The maximum Gasteiger partial charge on any atom is 0.319 e. The lowest BCUT2D eigenvalue weighted by atomic mass is 10.1. The largest absolute Gasteiger partial charge is 0.386 e. The minimum absolute atomic E-state index is 0.110. The van der Waals surface area contributed by atoms with Crippen molar-refractivity contribution < 1.29 is 9.90 Å². The Hall–Kier alpha value is -2.64. The van der Waals surface area contributed by atoms with E-state index in [0.717, 1.165) is 16.1 Å². The molecule has 7 heteroatoms. The van der Waals surface area contributed by atoms with Gasteiger partial charge in [0.1, 0.15) is 0 Å². The highest BCUT2D eigenvalue weighted by Crippen LogP contribution is 2.31. The molecule has 124 valence electrons. The summed E-state index contributed by atoms with van der Waals surface area (Å²) in [4.78, 5) is 13.2. The highest BCUT2D eigenvalue weighted by molar-refractivity contribution is 7.13. The topological polar surface area (TPSA) is 79.2 Å². The lowest BCUT2D eigenvalue weighted by molar-refractivity contribution is 0.175. The second-order valence-corrected chi connectivity index (χ2v) is 6.27. The van der Waals surface area contributed by atoms with Crippen LogP contribution in [0.1, 0.15) is 11.7 Å². The highest BCUT2D eigenvalue weighted by Gasteiger charge is 2.12. The van der Waals surface area contributed by atoms with Gasteiger partial charge in [-0.05, 0) is 17.5 Å². The van der Waals surface area contributed by atoms with Crippen LogP contribution in [0, 0.1) is 0 Å². The number of urea groups is 1. The molecule has 0 aliphatic carbocycles. The molecule has 3 N–H and O–H groups in total. The van der Waals surface area contributed by atoms with Crippen molar-refractivity contribution in [1.29, 1.82) is 0 Å². The first-order valence-corrected chi connectivity index (χ1v) is 8.36. The fraction of sp³-hybridized carbons (Fsp3) is 0.176. The van der Waals surface area contributed by atoms with Gasteiger partial charge in [-0.3, -0.25) is 4.68 Å². The minimum Gasteiger partial charge on any atom is -0.386 e. The molecule has 0 spiro atoms. The molecule has 0 fully saturated rings. The summed E-state index contributed by atoms with van der Waals surface area (Å²) in [6.45, 7) is 0.110. The van der Waals surface area contributed by atoms with E-state index in [1.54, 1.807) is 35.5 Å². The smallest absolute Gasteiger partial charge is 0.319 e. The number of aromatic nitrogens is 2. The Labute approximate surface area is 143 Å². The second kappa shape index (κ2) is 7.29. The van der Waals surface area contributed by atoms with Gasteiger partial charge >= 0.3 is 6.03 Å². The van der Waals surface area contributed by atoms with Crippen LogP contribution in [-0.4, -0.2) is 27.5 Å². The first-order valence-electron chi connectivity index (χ1n) is 7.48. The molecule has 2 amide bonds. The fourth-order valence-corrected chi connectivity index (χ4v) is 3.09. The van der Waals surface area contributed by atoms with Gasteiger partial charge in [0.15, 0.2) is 0 Å². The molecule has 1 atom stereocenters. The van der Waals surface area contributed by atoms with E-state index < -0.39 is 6.10 Å². The van der Waals surface area contributed by atoms with Crippen molar-refractivity contribution in [2.75, 3.05) is 11.9 Å². The zero-order chi connectivity index (χ0) is 16.9. The molecule has 0 bridgehead atoms. The number of benzene rings is 1. The van der Waals surface area contributed by atoms with Gasteiger partial charge in [0, 0.05) is 35.8 Å². The number of amides is 2. The van der Waals surface area contributed by atoms with E-state index >= 15 is 0 Å². The normalized spacial score (nSPS) is 11.9. The van der Waals surface area contributed by atoms with E-state index in [9.17, 15) is 9.90 Å². The van der Waals surface area contributed by atoms with Crippen LogP contribution >= 0.6 is 11.3 Å². The average molecular weight is 342 g/mol. The summed E-state index contributed by atoms with van der Waals surface area (Å²) < 4.78 is 1.61. The Bertz CT molecular complexity index is 814. The van der Waals surface area contributed by atoms with E-state index in [1.807, 2.05) is 41.8 Å². The van der Waals surface area contributed by atoms with Crippen LogP contribution in [0.15, 0.2) is 54.2 Å². The summed E-state index contributed by atoms with van der Waals surface area (Å²) in [5.74, 6) is 0. The van der Waals surface area contributed by atoms with E-state index in [4.69, 9.17) is 0 Å². The second-order valence-electron chi connectivity index (χ2n) is 5.32. The molecule has 0 saturated carbocycles. The van der Waals surface area contributed by atoms with Gasteiger partial charge in [-0.15, -0.1) is 11.3 Å². The van der Waals surface area contributed by atoms with Crippen LogP contribution in [0.5, 0.6) is 0 Å². The predicted molar refractivity (Wildman–Crippen MR) is 94.9 cm³/mol. The van der Waals surface area contributed by atoms with Crippen LogP contribution < -0.4 is 10.6 Å². The predicted octanol–water partition coefficient (Wildman–Crippen LogP) is 3.00. The number of carbonyl (C=O) groups is 1. The summed E-state index contributed by atoms with van der Waals surface area (Å²) in [5, 5.41) is 21.6. The molecule has 0 radical (unpaired) electrons. The Morgan fingerprint density at radius 2 is 2.17 bits per heavy atom. The molecule has 3 aromatic rings. The SMILES string of the molecule is Cn1cc([C@H](O)CNC(=O)Nc2ccccc2-c2cccs2)cn1. The third kappa shape index (κ3) is 3.81. The highest BCUT2D eigenvalue weighted by atomic mass is 32.1. The lowest BCUT2D eigenvalue weighted by Gasteiger charge is -2.13. The first kappa shape index (κ1) is 16.2. The molecule has 0 aliphatic rings. The van der Waals surface area contributed by atoms with Crippen molar-refractivity contribution in [2.45, 2.75) is 6.10 Å². The van der Waals surface area contributed by atoms with Gasteiger partial charge in [-0.2, -0.15) is 5.10 Å². The first-order chi connectivity index (χ1) is 11.6. The maximum atomic E-state index is 12.1. The van der Waals surface area contributed by atoms with E-state index in [0.29, 0.717) is 5.56 Å². The number of anilines is 1. The van der Waals surface area contributed by atoms with Crippen molar-refractivity contribution in [3.8, 4) is 10.4 Å². The molecule has 3 rings (SSSR count). The number of thiophene rings is 1. The van der Waals surface area contributed by atoms with Gasteiger partial charge in [0.25, 0.3) is 0 Å². The number of nitrogens with zero attached hydrogens (tertiary/aromatic N) is 2. The van der Waals surface area contributed by atoms with Crippen molar-refractivity contribution in [3.05, 3.63) is 59.7 Å². The number of para-hydroxylation sites is 1. The quantitative estimate of drug-likeness (QED) is 0.667. The Morgan fingerprint density at radius 3 is 2.88 bits per heavy atom. The summed E-state index contributed by atoms with van der Waals surface area (Å²) in [6.07, 6.45) is 2.50. The lowest BCUT2D eigenvalue weighted by Crippen LogP contribution is -2.32. The summed E-state index contributed by atoms with van der Waals surface area (Å²) in [7, 11) is 1.78. The number of carbonyl (C=O) groups excluding carboxylic acids is 1. The van der Waals surface area contributed by atoms with Crippen molar-refractivity contribution >= 4 is 23.1 Å². The number of aliphatic hydroxyl groups excluding tert-OH is 1. The minimum atomic E-state index is -0.794. The van der Waals surface area contributed by atoms with Crippen LogP contribution in [-0.2, 0) is 7.05 Å². The number of hydrogen-bond acceptors (Lipinski definition) is 4. The van der Waals surface area contributed by atoms with Crippen LogP contribution in [0.3, 0.4) is 0 Å². The third-order valence-electron chi connectivity index (χ3n) is 3.53. The van der Waals surface area contributed by atoms with Crippen molar-refractivity contribution in [1.82, 2.24) is 15.1 Å². The molecule has 2 aromatic heterocycles. The van der Waals surface area contributed by atoms with Gasteiger partial charge in [-0.25, -0.2) is 4.79 Å². The molecule has 0 aliphatic heterocycles. The maximum absolute atomic E-state index is 12.1. The van der Waals surface area contributed by atoms with E-state index in [1.165, 1.54) is 0 Å². The molecule has 24 heavy (non-hydrogen) atoms. The fourth-order valence-electron chi connectivity index (χ4n) is 2.32. The number of aliphatic hydroxyl groups is 1. The Morgan fingerprint density at radius 1 is 1.33 bits per heavy atom. The third-order valence-corrected chi connectivity index (χ3v) is 4.43. The number of rotatable bonds is 5. The van der Waals surface area contributed by atoms with Crippen molar-refractivity contribution in [2.24, 2.45) is 7.05 Å². The molecule has 6 nitrogen and oxygen atoms in total.